The van der Waals surface area contributed by atoms with Gasteiger partial charge in [-0.3, -0.25) is 9.79 Å². The third-order valence-electron chi connectivity index (χ3n) is 6.62. The maximum Gasteiger partial charge on any atom is 0.220 e. The van der Waals surface area contributed by atoms with E-state index in [1.165, 1.54) is 31.2 Å². The maximum atomic E-state index is 11.6. The summed E-state index contributed by atoms with van der Waals surface area (Å²) in [5, 5.41) is 6.24. The molecule has 2 aliphatic rings. The third-order valence-corrected chi connectivity index (χ3v) is 6.62. The number of nitrogens with one attached hydrogen (secondary N) is 2. The van der Waals surface area contributed by atoms with Crippen LogP contribution in [0.3, 0.4) is 0 Å². The lowest BCUT2D eigenvalue weighted by molar-refractivity contribution is -0.121. The Balaban J connectivity index is 1.47. The monoisotopic (exact) mass is 398 g/mol. The van der Waals surface area contributed by atoms with Crippen LogP contribution in [0.1, 0.15) is 63.4 Å². The number of likely N-dealkylation sites (tertiary alicyclic amines) is 1. The number of amides is 1. The predicted octanol–water partition coefficient (Wildman–Crippen LogP) is 3.77. The lowest BCUT2D eigenvalue weighted by Crippen LogP contribution is -2.46. The largest absolute Gasteiger partial charge is 0.359 e. The second-order valence-electron chi connectivity index (χ2n) is 8.63. The quantitative estimate of drug-likeness (QED) is 0.566. The van der Waals surface area contributed by atoms with Crippen LogP contribution in [0.5, 0.6) is 0 Å². The van der Waals surface area contributed by atoms with Crippen LogP contribution in [-0.4, -0.2) is 50.0 Å². The highest BCUT2D eigenvalue weighted by atomic mass is 16.1. The first-order valence-electron chi connectivity index (χ1n) is 11.5. The molecule has 3 rings (SSSR count). The summed E-state index contributed by atoms with van der Waals surface area (Å²) in [5.74, 6) is 3.16. The highest BCUT2D eigenvalue weighted by Gasteiger charge is 2.25. The summed E-state index contributed by atoms with van der Waals surface area (Å²) in [6.07, 6.45) is 7.91. The molecular weight excluding hydrogens is 360 g/mol. The molecule has 1 saturated heterocycles. The fraction of sp³-hybridized carbons (Fsp3) is 0.667. The molecule has 0 bridgehead atoms. The van der Waals surface area contributed by atoms with Crippen molar-refractivity contribution in [2.75, 3.05) is 33.2 Å². The van der Waals surface area contributed by atoms with Crippen LogP contribution in [0.15, 0.2) is 35.3 Å². The van der Waals surface area contributed by atoms with E-state index in [0.29, 0.717) is 18.3 Å². The van der Waals surface area contributed by atoms with E-state index in [0.717, 1.165) is 50.9 Å². The van der Waals surface area contributed by atoms with E-state index in [4.69, 9.17) is 4.99 Å². The average molecular weight is 399 g/mol. The van der Waals surface area contributed by atoms with Crippen molar-refractivity contribution in [3.8, 4) is 0 Å². The Morgan fingerprint density at radius 2 is 1.72 bits per heavy atom. The van der Waals surface area contributed by atoms with E-state index < -0.39 is 0 Å². The fourth-order valence-electron chi connectivity index (χ4n) is 4.76. The van der Waals surface area contributed by atoms with Crippen molar-refractivity contribution in [1.29, 1.82) is 0 Å². The molecule has 1 aromatic carbocycles. The molecule has 0 spiro atoms. The van der Waals surface area contributed by atoms with Crippen molar-refractivity contribution in [3.05, 3.63) is 35.9 Å². The first kappa shape index (κ1) is 21.7. The Hall–Kier alpha value is -2.04. The Morgan fingerprint density at radius 1 is 1.03 bits per heavy atom. The number of hydrogen-bond acceptors (Lipinski definition) is 2. The van der Waals surface area contributed by atoms with Crippen LogP contribution in [0, 0.1) is 11.8 Å². The summed E-state index contributed by atoms with van der Waals surface area (Å²) in [4.78, 5) is 19.0. The molecule has 1 amide bonds. The van der Waals surface area contributed by atoms with Crippen LogP contribution >= 0.6 is 0 Å². The van der Waals surface area contributed by atoms with Crippen molar-refractivity contribution in [1.82, 2.24) is 15.5 Å². The van der Waals surface area contributed by atoms with Crippen LogP contribution in [0.2, 0.25) is 0 Å². The van der Waals surface area contributed by atoms with E-state index in [1.807, 2.05) is 0 Å². The summed E-state index contributed by atoms with van der Waals surface area (Å²) in [6.45, 7) is 5.96. The van der Waals surface area contributed by atoms with Crippen LogP contribution in [0.4, 0.5) is 0 Å². The Morgan fingerprint density at radius 3 is 2.34 bits per heavy atom. The molecule has 1 heterocycles. The number of hydrogen-bond donors (Lipinski definition) is 2. The fourth-order valence-corrected chi connectivity index (χ4v) is 4.76. The number of rotatable bonds is 6. The van der Waals surface area contributed by atoms with E-state index in [2.05, 4.69) is 52.8 Å². The van der Waals surface area contributed by atoms with Gasteiger partial charge in [-0.25, -0.2) is 0 Å². The lowest BCUT2D eigenvalue weighted by atomic mass is 9.79. The standard InChI is InChI=1S/C24H38N4O/c1-3-26-24(28-15-13-19(14-16-28)17-23(29)25-2)27-18-20-9-11-22(12-10-20)21-7-5-4-6-8-21/h4-8,19-20,22H,3,9-18H2,1-2H3,(H,25,29)(H,26,27). The zero-order valence-electron chi connectivity index (χ0n) is 18.2. The zero-order chi connectivity index (χ0) is 20.5. The highest BCUT2D eigenvalue weighted by molar-refractivity contribution is 5.80. The van der Waals surface area contributed by atoms with E-state index in [1.54, 1.807) is 7.05 Å². The van der Waals surface area contributed by atoms with Gasteiger partial charge in [-0.15, -0.1) is 0 Å². The van der Waals surface area contributed by atoms with E-state index in [-0.39, 0.29) is 5.91 Å². The van der Waals surface area contributed by atoms with Gasteiger partial charge in [0.2, 0.25) is 5.91 Å². The van der Waals surface area contributed by atoms with E-state index in [9.17, 15) is 4.79 Å². The van der Waals surface area contributed by atoms with Crippen molar-refractivity contribution < 1.29 is 4.79 Å². The minimum atomic E-state index is 0.162. The first-order valence-corrected chi connectivity index (χ1v) is 11.5. The van der Waals surface area contributed by atoms with Crippen molar-refractivity contribution >= 4 is 11.9 Å². The maximum absolute atomic E-state index is 11.6. The van der Waals surface area contributed by atoms with Gasteiger partial charge in [-0.2, -0.15) is 0 Å². The normalized spacial score (nSPS) is 23.7. The topological polar surface area (TPSA) is 56.7 Å². The van der Waals surface area contributed by atoms with E-state index >= 15 is 0 Å². The Bertz CT molecular complexity index is 644. The van der Waals surface area contributed by atoms with Gasteiger partial charge in [0.25, 0.3) is 0 Å². The summed E-state index contributed by atoms with van der Waals surface area (Å²) in [6, 6.07) is 11.0. The second kappa shape index (κ2) is 11.2. The van der Waals surface area contributed by atoms with Crippen molar-refractivity contribution in [3.63, 3.8) is 0 Å². The molecule has 0 atom stereocenters. The van der Waals surface area contributed by atoms with Crippen LogP contribution in [-0.2, 0) is 4.79 Å². The second-order valence-corrected chi connectivity index (χ2v) is 8.63. The lowest BCUT2D eigenvalue weighted by Gasteiger charge is -2.34. The molecular formula is C24H38N4O. The van der Waals surface area contributed by atoms with Gasteiger partial charge in [0.05, 0.1) is 0 Å². The smallest absolute Gasteiger partial charge is 0.220 e. The number of piperidine rings is 1. The number of guanidine groups is 1. The third kappa shape index (κ3) is 6.48. The van der Waals surface area contributed by atoms with Gasteiger partial charge in [0.1, 0.15) is 0 Å². The highest BCUT2D eigenvalue weighted by Crippen LogP contribution is 2.35. The van der Waals surface area contributed by atoms with Gasteiger partial charge < -0.3 is 15.5 Å². The van der Waals surface area contributed by atoms with Gasteiger partial charge in [-0.05, 0) is 68.8 Å². The number of nitrogens with zero attached hydrogens (tertiary/aromatic N) is 2. The predicted molar refractivity (Wildman–Crippen MR) is 120 cm³/mol. The molecule has 2 fully saturated rings. The van der Waals surface area contributed by atoms with Gasteiger partial charge in [-0.1, -0.05) is 30.3 Å². The molecule has 1 aliphatic carbocycles. The number of carbonyl (C=O) groups excluding carboxylic acids is 1. The summed E-state index contributed by atoms with van der Waals surface area (Å²) >= 11 is 0. The van der Waals surface area contributed by atoms with Gasteiger partial charge in [0.15, 0.2) is 5.96 Å². The first-order chi connectivity index (χ1) is 14.2. The zero-order valence-corrected chi connectivity index (χ0v) is 18.2. The molecule has 160 valence electrons. The van der Waals surface area contributed by atoms with Crippen LogP contribution in [0.25, 0.3) is 0 Å². The molecule has 2 N–H and O–H groups in total. The Kier molecular flexibility index (Phi) is 8.38. The van der Waals surface area contributed by atoms with Gasteiger partial charge in [0, 0.05) is 39.6 Å². The molecule has 0 radical (unpaired) electrons. The Labute approximate surface area is 176 Å². The minimum absolute atomic E-state index is 0.162. The summed E-state index contributed by atoms with van der Waals surface area (Å²) in [7, 11) is 1.72. The van der Waals surface area contributed by atoms with Gasteiger partial charge >= 0.3 is 0 Å². The summed E-state index contributed by atoms with van der Waals surface area (Å²) < 4.78 is 0. The molecule has 1 aromatic rings. The molecule has 5 heteroatoms. The number of carbonyl (C=O) groups is 1. The number of aliphatic imine (C=N–C) groups is 1. The molecule has 0 aromatic heterocycles. The van der Waals surface area contributed by atoms with Crippen LogP contribution < -0.4 is 10.6 Å². The number of benzene rings is 1. The molecule has 1 saturated carbocycles. The average Bonchev–Trinajstić information content (AvgIpc) is 2.78. The molecule has 1 aliphatic heterocycles. The van der Waals surface area contributed by atoms with Crippen molar-refractivity contribution in [2.45, 2.75) is 57.8 Å². The minimum Gasteiger partial charge on any atom is -0.359 e. The molecule has 5 nitrogen and oxygen atoms in total. The molecule has 29 heavy (non-hydrogen) atoms. The molecule has 0 unspecified atom stereocenters. The van der Waals surface area contributed by atoms with Crippen molar-refractivity contribution in [2.24, 2.45) is 16.8 Å². The summed E-state index contributed by atoms with van der Waals surface area (Å²) in [5.41, 5.74) is 1.50. The SMILES string of the molecule is CCNC(=NCC1CCC(c2ccccc2)CC1)N1CCC(CC(=O)NC)CC1.